The van der Waals surface area contributed by atoms with Crippen LogP contribution in [0.5, 0.6) is 0 Å². The van der Waals surface area contributed by atoms with Crippen LogP contribution in [0, 0.1) is 0 Å². The summed E-state index contributed by atoms with van der Waals surface area (Å²) in [5, 5.41) is 0. The maximum Gasteiger partial charge on any atom is 0.414 e. The van der Waals surface area contributed by atoms with Crippen molar-refractivity contribution in [3.63, 3.8) is 0 Å². The number of anilines is 1. The molecule has 2 fully saturated rings. The number of benzene rings is 1. The Labute approximate surface area is 147 Å². The molecule has 1 aromatic heterocycles. The van der Waals surface area contributed by atoms with Gasteiger partial charge in [-0.25, -0.2) is 4.79 Å². The number of nitrogens with zero attached hydrogens (tertiary/aromatic N) is 3. The van der Waals surface area contributed by atoms with Gasteiger partial charge in [-0.1, -0.05) is 18.2 Å². The van der Waals surface area contributed by atoms with E-state index in [0.29, 0.717) is 26.3 Å². The highest BCUT2D eigenvalue weighted by atomic mass is 16.6. The molecular formula is C19H23N3O3. The van der Waals surface area contributed by atoms with Crippen LogP contribution >= 0.6 is 0 Å². The first kappa shape index (κ1) is 16.2. The molecule has 4 rings (SSSR count). The standard InChI is InChI=1S/C19H23N3O3/c1-20-9-5-8-17(20)18-14-24-11-10-21(18)12-16-13-22(19(23)25-16)15-6-3-2-4-7-15/h2-9,16,18H,10-14H2,1H3/t16-,18+/m1/s1. The number of ether oxygens (including phenoxy) is 2. The second kappa shape index (κ2) is 6.90. The molecule has 6 nitrogen and oxygen atoms in total. The summed E-state index contributed by atoms with van der Waals surface area (Å²) in [7, 11) is 2.05. The Morgan fingerprint density at radius 3 is 2.76 bits per heavy atom. The van der Waals surface area contributed by atoms with Crippen LogP contribution in [0.2, 0.25) is 0 Å². The zero-order valence-corrected chi connectivity index (χ0v) is 14.4. The van der Waals surface area contributed by atoms with Gasteiger partial charge in [0, 0.05) is 37.7 Å². The third-order valence-corrected chi connectivity index (χ3v) is 4.94. The number of hydrogen-bond acceptors (Lipinski definition) is 4. The van der Waals surface area contributed by atoms with E-state index in [4.69, 9.17) is 9.47 Å². The molecule has 0 unspecified atom stereocenters. The largest absolute Gasteiger partial charge is 0.443 e. The number of cyclic esters (lactones) is 1. The lowest BCUT2D eigenvalue weighted by molar-refractivity contribution is -0.0259. The fourth-order valence-electron chi connectivity index (χ4n) is 3.65. The number of rotatable bonds is 4. The van der Waals surface area contributed by atoms with Crippen LogP contribution in [-0.2, 0) is 16.5 Å². The minimum atomic E-state index is -0.264. The molecule has 0 aliphatic carbocycles. The van der Waals surface area contributed by atoms with Gasteiger partial charge in [-0.05, 0) is 24.3 Å². The quantitative estimate of drug-likeness (QED) is 0.857. The van der Waals surface area contributed by atoms with E-state index in [1.54, 1.807) is 4.90 Å². The second-order valence-electron chi connectivity index (χ2n) is 6.58. The van der Waals surface area contributed by atoms with Crippen molar-refractivity contribution < 1.29 is 14.3 Å². The summed E-state index contributed by atoms with van der Waals surface area (Å²) in [6.45, 7) is 3.52. The summed E-state index contributed by atoms with van der Waals surface area (Å²) in [6, 6.07) is 14.1. The van der Waals surface area contributed by atoms with Crippen LogP contribution in [-0.4, -0.2) is 54.5 Å². The van der Waals surface area contributed by atoms with Crippen molar-refractivity contribution in [2.75, 3.05) is 37.7 Å². The van der Waals surface area contributed by atoms with Crippen LogP contribution in [0.25, 0.3) is 0 Å². The summed E-state index contributed by atoms with van der Waals surface area (Å²) in [5.74, 6) is 0. The Bertz CT molecular complexity index is 731. The topological polar surface area (TPSA) is 46.9 Å². The number of carbonyl (C=O) groups is 1. The Hall–Kier alpha value is -2.31. The number of carbonyl (C=O) groups excluding carboxylic acids is 1. The molecule has 3 heterocycles. The highest BCUT2D eigenvalue weighted by molar-refractivity contribution is 5.89. The summed E-state index contributed by atoms with van der Waals surface area (Å²) < 4.78 is 13.4. The summed E-state index contributed by atoms with van der Waals surface area (Å²) in [6.07, 6.45) is 1.66. The molecule has 6 heteroatoms. The van der Waals surface area contributed by atoms with Crippen LogP contribution < -0.4 is 4.90 Å². The molecule has 0 radical (unpaired) electrons. The van der Waals surface area contributed by atoms with Gasteiger partial charge in [0.25, 0.3) is 0 Å². The van der Waals surface area contributed by atoms with E-state index in [1.807, 2.05) is 30.3 Å². The van der Waals surface area contributed by atoms with E-state index < -0.39 is 0 Å². The fraction of sp³-hybridized carbons (Fsp3) is 0.421. The van der Waals surface area contributed by atoms with Gasteiger partial charge in [0.15, 0.2) is 0 Å². The van der Waals surface area contributed by atoms with Crippen LogP contribution in [0.4, 0.5) is 10.5 Å². The normalized spacial score (nSPS) is 24.5. The summed E-state index contributed by atoms with van der Waals surface area (Å²) in [4.78, 5) is 16.3. The van der Waals surface area contributed by atoms with Crippen molar-refractivity contribution in [3.8, 4) is 0 Å². The molecule has 1 amide bonds. The first-order chi connectivity index (χ1) is 12.2. The van der Waals surface area contributed by atoms with E-state index in [-0.39, 0.29) is 18.2 Å². The first-order valence-corrected chi connectivity index (χ1v) is 8.68. The van der Waals surface area contributed by atoms with Crippen molar-refractivity contribution in [1.82, 2.24) is 9.47 Å². The SMILES string of the molecule is Cn1cccc1[C@@H]1COCCN1C[C@@H]1CN(c2ccccc2)C(=O)O1. The van der Waals surface area contributed by atoms with Crippen molar-refractivity contribution in [3.05, 3.63) is 54.4 Å². The van der Waals surface area contributed by atoms with Gasteiger partial charge >= 0.3 is 6.09 Å². The molecule has 0 N–H and O–H groups in total. The predicted octanol–water partition coefficient (Wildman–Crippen LogP) is 2.42. The number of aromatic nitrogens is 1. The van der Waals surface area contributed by atoms with Crippen molar-refractivity contribution in [2.45, 2.75) is 12.1 Å². The van der Waals surface area contributed by atoms with E-state index in [0.717, 1.165) is 12.2 Å². The van der Waals surface area contributed by atoms with Crippen LogP contribution in [0.3, 0.4) is 0 Å². The lowest BCUT2D eigenvalue weighted by atomic mass is 10.1. The molecular weight excluding hydrogens is 318 g/mol. The van der Waals surface area contributed by atoms with E-state index in [2.05, 4.69) is 34.8 Å². The van der Waals surface area contributed by atoms with Gasteiger partial charge < -0.3 is 14.0 Å². The van der Waals surface area contributed by atoms with Gasteiger partial charge in [0.2, 0.25) is 0 Å². The average molecular weight is 341 g/mol. The zero-order valence-electron chi connectivity index (χ0n) is 14.4. The maximum absolute atomic E-state index is 12.2. The number of amides is 1. The van der Waals surface area contributed by atoms with Crippen LogP contribution in [0.1, 0.15) is 11.7 Å². The number of para-hydroxylation sites is 1. The molecule has 2 saturated heterocycles. The minimum absolute atomic E-state index is 0.131. The first-order valence-electron chi connectivity index (χ1n) is 8.68. The molecule has 1 aromatic carbocycles. The highest BCUT2D eigenvalue weighted by Crippen LogP contribution is 2.27. The Balaban J connectivity index is 1.46. The van der Waals surface area contributed by atoms with Gasteiger partial charge in [-0.2, -0.15) is 0 Å². The van der Waals surface area contributed by atoms with E-state index >= 15 is 0 Å². The molecule has 0 saturated carbocycles. The van der Waals surface area contributed by atoms with Gasteiger partial charge in [-0.3, -0.25) is 9.80 Å². The van der Waals surface area contributed by atoms with Gasteiger partial charge in [0.05, 0.1) is 25.8 Å². The molecule has 132 valence electrons. The van der Waals surface area contributed by atoms with Crippen LogP contribution in [0.15, 0.2) is 48.7 Å². The average Bonchev–Trinajstić information content (AvgIpc) is 3.22. The highest BCUT2D eigenvalue weighted by Gasteiger charge is 2.36. The second-order valence-corrected chi connectivity index (χ2v) is 6.58. The number of aryl methyl sites for hydroxylation is 1. The third-order valence-electron chi connectivity index (χ3n) is 4.94. The monoisotopic (exact) mass is 341 g/mol. The van der Waals surface area contributed by atoms with E-state index in [1.165, 1.54) is 5.69 Å². The number of hydrogen-bond donors (Lipinski definition) is 0. The Morgan fingerprint density at radius 1 is 1.16 bits per heavy atom. The summed E-state index contributed by atoms with van der Waals surface area (Å²) >= 11 is 0. The molecule has 2 aromatic rings. The van der Waals surface area contributed by atoms with Gasteiger partial charge in [0.1, 0.15) is 6.10 Å². The predicted molar refractivity (Wildman–Crippen MR) is 94.6 cm³/mol. The Morgan fingerprint density at radius 2 is 2.00 bits per heavy atom. The molecule has 2 aliphatic rings. The molecule has 0 bridgehead atoms. The lowest BCUT2D eigenvalue weighted by Gasteiger charge is -2.36. The molecule has 2 atom stereocenters. The molecule has 25 heavy (non-hydrogen) atoms. The maximum atomic E-state index is 12.2. The smallest absolute Gasteiger partial charge is 0.414 e. The van der Waals surface area contributed by atoms with Crippen molar-refractivity contribution >= 4 is 11.8 Å². The van der Waals surface area contributed by atoms with E-state index in [9.17, 15) is 4.79 Å². The molecule has 0 spiro atoms. The van der Waals surface area contributed by atoms with Gasteiger partial charge in [-0.15, -0.1) is 0 Å². The van der Waals surface area contributed by atoms with Crippen molar-refractivity contribution in [1.29, 1.82) is 0 Å². The lowest BCUT2D eigenvalue weighted by Crippen LogP contribution is -2.44. The third kappa shape index (κ3) is 3.27. The summed E-state index contributed by atoms with van der Waals surface area (Å²) in [5.41, 5.74) is 2.11. The minimum Gasteiger partial charge on any atom is -0.443 e. The van der Waals surface area contributed by atoms with Crippen molar-refractivity contribution in [2.24, 2.45) is 7.05 Å². The fourth-order valence-corrected chi connectivity index (χ4v) is 3.65. The molecule has 2 aliphatic heterocycles. The Kier molecular flexibility index (Phi) is 4.46. The number of morpholine rings is 1. The zero-order chi connectivity index (χ0) is 17.2.